The summed E-state index contributed by atoms with van der Waals surface area (Å²) < 4.78 is 39.4. The Morgan fingerprint density at radius 2 is 1.88 bits per heavy atom. The van der Waals surface area contributed by atoms with Crippen LogP contribution in [0.2, 0.25) is 0 Å². The van der Waals surface area contributed by atoms with Crippen LogP contribution in [-0.2, 0) is 14.3 Å². The minimum absolute atomic E-state index is 0.345. The SMILES string of the molecule is CN(C)C#CCOC(=O)CC(=O)C(F)(F)F. The van der Waals surface area contributed by atoms with E-state index < -0.39 is 24.3 Å². The Labute approximate surface area is 90.4 Å². The van der Waals surface area contributed by atoms with Crippen LogP contribution in [0.4, 0.5) is 13.2 Å². The van der Waals surface area contributed by atoms with Gasteiger partial charge in [-0.3, -0.25) is 9.59 Å². The zero-order valence-corrected chi connectivity index (χ0v) is 8.72. The number of carbonyl (C=O) groups excluding carboxylic acids is 2. The Kier molecular flexibility index (Phi) is 5.36. The first kappa shape index (κ1) is 14.3. The molecule has 0 spiro atoms. The number of halogens is 3. The van der Waals surface area contributed by atoms with Crippen molar-refractivity contribution >= 4 is 11.8 Å². The lowest BCUT2D eigenvalue weighted by atomic mass is 10.3. The quantitative estimate of drug-likeness (QED) is 0.311. The van der Waals surface area contributed by atoms with E-state index in [1.165, 1.54) is 4.90 Å². The highest BCUT2D eigenvalue weighted by Gasteiger charge is 2.39. The monoisotopic (exact) mass is 237 g/mol. The van der Waals surface area contributed by atoms with Crippen molar-refractivity contribution in [2.45, 2.75) is 12.6 Å². The van der Waals surface area contributed by atoms with Crippen LogP contribution >= 0.6 is 0 Å². The number of esters is 1. The molecule has 0 amide bonds. The zero-order valence-electron chi connectivity index (χ0n) is 8.72. The highest BCUT2D eigenvalue weighted by molar-refractivity contribution is 5.98. The Bertz CT molecular complexity index is 325. The lowest BCUT2D eigenvalue weighted by Gasteiger charge is -2.04. The van der Waals surface area contributed by atoms with Gasteiger partial charge in [0.05, 0.1) is 0 Å². The average Bonchev–Trinajstić information content (AvgIpc) is 2.10. The molecule has 0 N–H and O–H groups in total. The molecule has 0 aromatic carbocycles. The molecule has 0 aromatic rings. The zero-order chi connectivity index (χ0) is 12.8. The fourth-order valence-electron chi connectivity index (χ4n) is 0.589. The molecule has 0 aliphatic carbocycles. The standard InChI is InChI=1S/C9H10F3NO3/c1-13(2)4-3-5-16-8(15)6-7(14)9(10,11)12/h5-6H2,1-2H3. The molecule has 0 rings (SSSR count). The van der Waals surface area contributed by atoms with E-state index in [4.69, 9.17) is 0 Å². The summed E-state index contributed by atoms with van der Waals surface area (Å²) in [6.07, 6.45) is -6.32. The molecule has 0 unspecified atom stereocenters. The Morgan fingerprint density at radius 3 is 2.31 bits per heavy atom. The van der Waals surface area contributed by atoms with Crippen LogP contribution in [0.5, 0.6) is 0 Å². The van der Waals surface area contributed by atoms with Gasteiger partial charge in [0, 0.05) is 20.1 Å². The molecule has 0 fully saturated rings. The Hall–Kier alpha value is -1.71. The fourth-order valence-corrected chi connectivity index (χ4v) is 0.589. The predicted octanol–water partition coefficient (Wildman–Crippen LogP) is 0.574. The number of hydrogen-bond acceptors (Lipinski definition) is 4. The molecule has 7 heteroatoms. The molecule has 0 aromatic heterocycles. The highest BCUT2D eigenvalue weighted by Crippen LogP contribution is 2.17. The van der Waals surface area contributed by atoms with E-state index in [0.29, 0.717) is 0 Å². The first-order chi connectivity index (χ1) is 7.23. The number of carbonyl (C=O) groups is 2. The summed E-state index contributed by atoms with van der Waals surface area (Å²) >= 11 is 0. The molecule has 90 valence electrons. The van der Waals surface area contributed by atoms with Crippen molar-refractivity contribution in [2.75, 3.05) is 20.7 Å². The summed E-state index contributed by atoms with van der Waals surface area (Å²) in [7, 11) is 3.28. The van der Waals surface area contributed by atoms with Crippen LogP contribution in [0.25, 0.3) is 0 Å². The number of ether oxygens (including phenoxy) is 1. The first-order valence-electron chi connectivity index (χ1n) is 4.15. The van der Waals surface area contributed by atoms with Crippen molar-refractivity contribution < 1.29 is 27.5 Å². The maximum atomic E-state index is 11.7. The van der Waals surface area contributed by atoms with E-state index in [0.717, 1.165) is 0 Å². The Morgan fingerprint density at radius 1 is 1.31 bits per heavy atom. The summed E-state index contributed by atoms with van der Waals surface area (Å²) in [6.45, 7) is -0.345. The van der Waals surface area contributed by atoms with Gasteiger partial charge < -0.3 is 9.64 Å². The van der Waals surface area contributed by atoms with E-state index in [2.05, 4.69) is 16.7 Å². The summed E-state index contributed by atoms with van der Waals surface area (Å²) in [6, 6.07) is 2.48. The minimum Gasteiger partial charge on any atom is -0.452 e. The van der Waals surface area contributed by atoms with E-state index >= 15 is 0 Å². The summed E-state index contributed by atoms with van der Waals surface area (Å²) in [4.78, 5) is 22.5. The highest BCUT2D eigenvalue weighted by atomic mass is 19.4. The van der Waals surface area contributed by atoms with Gasteiger partial charge in [-0.2, -0.15) is 13.2 Å². The molecule has 0 heterocycles. The second kappa shape index (κ2) is 6.00. The molecule has 0 bridgehead atoms. The third-order valence-electron chi connectivity index (χ3n) is 1.23. The number of nitrogens with zero attached hydrogens (tertiary/aromatic N) is 1. The molecular formula is C9H10F3NO3. The molecule has 0 saturated heterocycles. The smallest absolute Gasteiger partial charge is 0.450 e. The van der Waals surface area contributed by atoms with Gasteiger partial charge >= 0.3 is 12.1 Å². The van der Waals surface area contributed by atoms with Crippen molar-refractivity contribution in [1.29, 1.82) is 0 Å². The molecule has 0 radical (unpaired) electrons. The van der Waals surface area contributed by atoms with Gasteiger partial charge in [-0.05, 0) is 5.92 Å². The first-order valence-corrected chi connectivity index (χ1v) is 4.15. The van der Waals surface area contributed by atoms with Crippen LogP contribution in [0.3, 0.4) is 0 Å². The van der Waals surface area contributed by atoms with Crippen LogP contribution in [0.15, 0.2) is 0 Å². The largest absolute Gasteiger partial charge is 0.452 e. The second-order valence-corrected chi connectivity index (χ2v) is 2.94. The van der Waals surface area contributed by atoms with Crippen molar-refractivity contribution in [2.24, 2.45) is 0 Å². The van der Waals surface area contributed by atoms with Crippen LogP contribution in [0.1, 0.15) is 6.42 Å². The molecule has 0 saturated carbocycles. The molecular weight excluding hydrogens is 227 g/mol. The van der Waals surface area contributed by atoms with E-state index in [-0.39, 0.29) is 6.61 Å². The van der Waals surface area contributed by atoms with Gasteiger partial charge in [-0.15, -0.1) is 0 Å². The number of rotatable bonds is 3. The summed E-state index contributed by atoms with van der Waals surface area (Å²) in [5.74, 6) is -0.999. The maximum Gasteiger partial charge on any atom is 0.450 e. The summed E-state index contributed by atoms with van der Waals surface area (Å²) in [5, 5.41) is 0. The number of Topliss-reactive ketones (excluding diaryl/α,β-unsaturated/α-hetero) is 1. The lowest BCUT2D eigenvalue weighted by Crippen LogP contribution is -2.26. The van der Waals surface area contributed by atoms with E-state index in [1.807, 2.05) is 0 Å². The van der Waals surface area contributed by atoms with Gasteiger partial charge in [-0.25, -0.2) is 0 Å². The van der Waals surface area contributed by atoms with Crippen LogP contribution < -0.4 is 0 Å². The maximum absolute atomic E-state index is 11.7. The third-order valence-corrected chi connectivity index (χ3v) is 1.23. The van der Waals surface area contributed by atoms with Gasteiger partial charge in [0.2, 0.25) is 5.78 Å². The van der Waals surface area contributed by atoms with Gasteiger partial charge in [0.15, 0.2) is 6.61 Å². The number of ketones is 1. The molecule has 0 aliphatic rings. The van der Waals surface area contributed by atoms with E-state index in [1.54, 1.807) is 14.1 Å². The fraction of sp³-hybridized carbons (Fsp3) is 0.556. The van der Waals surface area contributed by atoms with Gasteiger partial charge in [-0.1, -0.05) is 0 Å². The molecule has 16 heavy (non-hydrogen) atoms. The molecule has 4 nitrogen and oxygen atoms in total. The number of alkyl halides is 3. The summed E-state index contributed by atoms with van der Waals surface area (Å²) in [5.41, 5.74) is 0. The molecule has 0 atom stereocenters. The van der Waals surface area contributed by atoms with Crippen molar-refractivity contribution in [3.63, 3.8) is 0 Å². The lowest BCUT2D eigenvalue weighted by molar-refractivity contribution is -0.174. The van der Waals surface area contributed by atoms with Gasteiger partial charge in [0.25, 0.3) is 0 Å². The number of hydrogen-bond donors (Lipinski definition) is 0. The van der Waals surface area contributed by atoms with E-state index in [9.17, 15) is 22.8 Å². The topological polar surface area (TPSA) is 46.6 Å². The second-order valence-electron chi connectivity index (χ2n) is 2.94. The minimum atomic E-state index is -5.01. The van der Waals surface area contributed by atoms with Crippen molar-refractivity contribution in [1.82, 2.24) is 4.90 Å². The third kappa shape index (κ3) is 6.70. The van der Waals surface area contributed by atoms with Crippen molar-refractivity contribution in [3.8, 4) is 12.0 Å². The Balaban J connectivity index is 3.95. The van der Waals surface area contributed by atoms with Gasteiger partial charge in [0.1, 0.15) is 6.42 Å². The normalized spacial score (nSPS) is 10.1. The average molecular weight is 237 g/mol. The molecule has 0 aliphatic heterocycles. The van der Waals surface area contributed by atoms with Crippen LogP contribution in [0, 0.1) is 12.0 Å². The van der Waals surface area contributed by atoms with Crippen LogP contribution in [-0.4, -0.2) is 43.5 Å². The van der Waals surface area contributed by atoms with Crippen molar-refractivity contribution in [3.05, 3.63) is 0 Å². The predicted molar refractivity (Wildman–Crippen MR) is 48.1 cm³/mol.